The monoisotopic (exact) mass is 324 g/mol. The van der Waals surface area contributed by atoms with Crippen molar-refractivity contribution >= 4 is 32.5 Å². The second kappa shape index (κ2) is 5.23. The fourth-order valence-electron chi connectivity index (χ4n) is 2.73. The molecule has 0 unspecified atom stereocenters. The summed E-state index contributed by atoms with van der Waals surface area (Å²) in [7, 11) is -3.61. The van der Waals surface area contributed by atoms with Gasteiger partial charge in [0.05, 0.1) is 10.4 Å². The number of aromatic nitrogens is 1. The molecule has 2 aromatic rings. The van der Waals surface area contributed by atoms with E-state index >= 15 is 0 Å². The zero-order valence-electron chi connectivity index (χ0n) is 11.8. The largest absolute Gasteiger partial charge is 0.256 e. The number of sulfonamides is 1. The van der Waals surface area contributed by atoms with E-state index in [4.69, 9.17) is 11.6 Å². The van der Waals surface area contributed by atoms with Crippen molar-refractivity contribution in [2.45, 2.75) is 36.6 Å². The van der Waals surface area contributed by atoms with E-state index in [1.807, 2.05) is 6.92 Å². The molecule has 0 amide bonds. The van der Waals surface area contributed by atoms with E-state index in [0.29, 0.717) is 16.8 Å². The van der Waals surface area contributed by atoms with Crippen LogP contribution in [0.2, 0.25) is 0 Å². The minimum absolute atomic E-state index is 0.271. The lowest BCUT2D eigenvalue weighted by Gasteiger charge is -2.40. The standard InChI is InChI=1S/C15H17ClN2O2S/c1-11-5-6-13(12-4-2-9-17-14(11)12)21(19,20)18-15(10-16)7-3-8-15/h2,4-6,9,18H,3,7-8,10H2,1H3. The molecule has 6 heteroatoms. The van der Waals surface area contributed by atoms with Crippen LogP contribution in [0.3, 0.4) is 0 Å². The van der Waals surface area contributed by atoms with Crippen LogP contribution < -0.4 is 4.72 Å². The van der Waals surface area contributed by atoms with Crippen LogP contribution in [0.15, 0.2) is 35.4 Å². The van der Waals surface area contributed by atoms with Crippen LogP contribution in [0.5, 0.6) is 0 Å². The van der Waals surface area contributed by atoms with Gasteiger partial charge in [-0.2, -0.15) is 0 Å². The molecule has 0 radical (unpaired) electrons. The Hall–Kier alpha value is -1.17. The highest BCUT2D eigenvalue weighted by Gasteiger charge is 2.40. The van der Waals surface area contributed by atoms with Gasteiger partial charge in [0.2, 0.25) is 10.0 Å². The van der Waals surface area contributed by atoms with Gasteiger partial charge in [-0.3, -0.25) is 4.98 Å². The van der Waals surface area contributed by atoms with E-state index in [9.17, 15) is 8.42 Å². The van der Waals surface area contributed by atoms with E-state index in [1.165, 1.54) is 0 Å². The summed E-state index contributed by atoms with van der Waals surface area (Å²) in [6.45, 7) is 1.92. The van der Waals surface area contributed by atoms with E-state index in [0.717, 1.165) is 24.8 Å². The molecule has 0 saturated heterocycles. The van der Waals surface area contributed by atoms with Crippen molar-refractivity contribution < 1.29 is 8.42 Å². The van der Waals surface area contributed by atoms with Crippen LogP contribution in [-0.2, 0) is 10.0 Å². The average molecular weight is 325 g/mol. The topological polar surface area (TPSA) is 59.1 Å². The Labute approximate surface area is 129 Å². The summed E-state index contributed by atoms with van der Waals surface area (Å²) in [5.41, 5.74) is 1.19. The maximum Gasteiger partial charge on any atom is 0.241 e. The van der Waals surface area contributed by atoms with Gasteiger partial charge in [0.15, 0.2) is 0 Å². The van der Waals surface area contributed by atoms with E-state index in [-0.39, 0.29) is 4.90 Å². The number of nitrogens with zero attached hydrogens (tertiary/aromatic N) is 1. The zero-order valence-corrected chi connectivity index (χ0v) is 13.3. The lowest BCUT2D eigenvalue weighted by atomic mass is 9.79. The summed E-state index contributed by atoms with van der Waals surface area (Å²) in [5.74, 6) is 0.300. The minimum atomic E-state index is -3.61. The first-order valence-corrected chi connectivity index (χ1v) is 8.94. The average Bonchev–Trinajstić information content (AvgIpc) is 2.43. The Kier molecular flexibility index (Phi) is 3.67. The Morgan fingerprint density at radius 1 is 1.33 bits per heavy atom. The number of nitrogens with one attached hydrogen (secondary N) is 1. The number of hydrogen-bond acceptors (Lipinski definition) is 3. The van der Waals surface area contributed by atoms with Crippen molar-refractivity contribution in [2.75, 3.05) is 5.88 Å². The fraction of sp³-hybridized carbons (Fsp3) is 0.400. The van der Waals surface area contributed by atoms with Crippen LogP contribution in [-0.4, -0.2) is 24.8 Å². The van der Waals surface area contributed by atoms with Gasteiger partial charge in [0, 0.05) is 23.0 Å². The Morgan fingerprint density at radius 2 is 2.10 bits per heavy atom. The van der Waals surface area contributed by atoms with Crippen molar-refractivity contribution in [3.8, 4) is 0 Å². The van der Waals surface area contributed by atoms with Gasteiger partial charge in [0.1, 0.15) is 0 Å². The Morgan fingerprint density at radius 3 is 2.71 bits per heavy atom. The summed E-state index contributed by atoms with van der Waals surface area (Å²) >= 11 is 5.96. The normalized spacial score (nSPS) is 17.6. The molecule has 0 aliphatic heterocycles. The van der Waals surface area contributed by atoms with Crippen molar-refractivity contribution in [2.24, 2.45) is 0 Å². The maximum absolute atomic E-state index is 12.7. The zero-order chi connectivity index (χ0) is 15.1. The van der Waals surface area contributed by atoms with Crippen LogP contribution in [0, 0.1) is 6.92 Å². The van der Waals surface area contributed by atoms with Gasteiger partial charge < -0.3 is 0 Å². The highest BCUT2D eigenvalue weighted by atomic mass is 35.5. The number of alkyl halides is 1. The Balaban J connectivity index is 2.09. The maximum atomic E-state index is 12.7. The molecule has 1 aliphatic carbocycles. The quantitative estimate of drug-likeness (QED) is 0.880. The molecule has 112 valence electrons. The molecule has 1 N–H and O–H groups in total. The number of benzene rings is 1. The van der Waals surface area contributed by atoms with Gasteiger partial charge in [0.25, 0.3) is 0 Å². The van der Waals surface area contributed by atoms with E-state index in [1.54, 1.807) is 30.5 Å². The third kappa shape index (κ3) is 2.54. The van der Waals surface area contributed by atoms with Crippen LogP contribution in [0.4, 0.5) is 0 Å². The number of pyridine rings is 1. The predicted molar refractivity (Wildman–Crippen MR) is 84.1 cm³/mol. The van der Waals surface area contributed by atoms with Crippen molar-refractivity contribution in [3.05, 3.63) is 36.0 Å². The predicted octanol–water partition coefficient (Wildman–Crippen LogP) is 2.98. The highest BCUT2D eigenvalue weighted by Crippen LogP contribution is 2.35. The van der Waals surface area contributed by atoms with Crippen molar-refractivity contribution in [3.63, 3.8) is 0 Å². The summed E-state index contributed by atoms with van der Waals surface area (Å²) in [6.07, 6.45) is 4.26. The summed E-state index contributed by atoms with van der Waals surface area (Å²) in [4.78, 5) is 4.56. The minimum Gasteiger partial charge on any atom is -0.256 e. The number of hydrogen-bond donors (Lipinski definition) is 1. The van der Waals surface area contributed by atoms with Gasteiger partial charge in [-0.05, 0) is 49.9 Å². The van der Waals surface area contributed by atoms with Gasteiger partial charge >= 0.3 is 0 Å². The molecule has 1 aliphatic rings. The van der Waals surface area contributed by atoms with E-state index < -0.39 is 15.6 Å². The molecule has 0 atom stereocenters. The SMILES string of the molecule is Cc1ccc(S(=O)(=O)NC2(CCl)CCC2)c2cccnc12. The Bertz CT molecular complexity index is 780. The smallest absolute Gasteiger partial charge is 0.241 e. The number of aryl methyl sites for hydroxylation is 1. The number of rotatable bonds is 4. The molecule has 1 aromatic heterocycles. The summed E-state index contributed by atoms with van der Waals surface area (Å²) in [6, 6.07) is 6.97. The first-order valence-electron chi connectivity index (χ1n) is 6.92. The lowest BCUT2D eigenvalue weighted by Crippen LogP contribution is -2.54. The first-order chi connectivity index (χ1) is 9.97. The van der Waals surface area contributed by atoms with Crippen LogP contribution >= 0.6 is 11.6 Å². The molecule has 21 heavy (non-hydrogen) atoms. The first kappa shape index (κ1) is 14.8. The fourth-order valence-corrected chi connectivity index (χ4v) is 4.80. The second-order valence-electron chi connectivity index (χ2n) is 5.65. The van der Waals surface area contributed by atoms with Crippen LogP contribution in [0.25, 0.3) is 10.9 Å². The molecule has 4 nitrogen and oxygen atoms in total. The summed E-state index contributed by atoms with van der Waals surface area (Å²) < 4.78 is 28.3. The molecule has 3 rings (SSSR count). The van der Waals surface area contributed by atoms with Gasteiger partial charge in [-0.15, -0.1) is 11.6 Å². The molecule has 1 fully saturated rings. The summed E-state index contributed by atoms with van der Waals surface area (Å²) in [5, 5.41) is 0.647. The van der Waals surface area contributed by atoms with Crippen molar-refractivity contribution in [1.82, 2.24) is 9.71 Å². The molecule has 0 spiro atoms. The van der Waals surface area contributed by atoms with Gasteiger partial charge in [-0.1, -0.05) is 6.07 Å². The number of fused-ring (bicyclic) bond motifs is 1. The molecular formula is C15H17ClN2O2S. The van der Waals surface area contributed by atoms with Crippen LogP contribution in [0.1, 0.15) is 24.8 Å². The highest BCUT2D eigenvalue weighted by molar-refractivity contribution is 7.89. The van der Waals surface area contributed by atoms with Crippen molar-refractivity contribution in [1.29, 1.82) is 0 Å². The number of halogens is 1. The third-order valence-corrected chi connectivity index (χ3v) is 6.29. The second-order valence-corrected chi connectivity index (χ2v) is 7.57. The van der Waals surface area contributed by atoms with Gasteiger partial charge in [-0.25, -0.2) is 13.1 Å². The van der Waals surface area contributed by atoms with E-state index in [2.05, 4.69) is 9.71 Å². The molecule has 1 aromatic carbocycles. The third-order valence-electron chi connectivity index (χ3n) is 4.14. The molecule has 1 saturated carbocycles. The molecule has 0 bridgehead atoms. The molecular weight excluding hydrogens is 308 g/mol. The lowest BCUT2D eigenvalue weighted by molar-refractivity contribution is 0.252. The molecule has 1 heterocycles.